The second-order valence-electron chi connectivity index (χ2n) is 7.20. The van der Waals surface area contributed by atoms with Crippen molar-refractivity contribution in [2.75, 3.05) is 26.2 Å². The first-order chi connectivity index (χ1) is 13.6. The van der Waals surface area contributed by atoms with E-state index in [1.807, 2.05) is 20.9 Å². The molecule has 29 heavy (non-hydrogen) atoms. The van der Waals surface area contributed by atoms with Crippen LogP contribution in [-0.4, -0.2) is 57.6 Å². The van der Waals surface area contributed by atoms with Gasteiger partial charge in [0.1, 0.15) is 0 Å². The summed E-state index contributed by atoms with van der Waals surface area (Å²) >= 11 is 0. The third-order valence-corrected chi connectivity index (χ3v) is 5.37. The number of halogens is 3. The predicted molar refractivity (Wildman–Crippen MR) is 100 cm³/mol. The zero-order chi connectivity index (χ0) is 21.3. The number of hydrogen-bond acceptors (Lipinski definition) is 3. The number of nitrogens with zero attached hydrogens (tertiary/aromatic N) is 4. The monoisotopic (exact) mass is 408 g/mol. The highest BCUT2D eigenvalue weighted by atomic mass is 19.4. The van der Waals surface area contributed by atoms with E-state index >= 15 is 0 Å². The average Bonchev–Trinajstić information content (AvgIpc) is 2.93. The van der Waals surface area contributed by atoms with E-state index in [-0.39, 0.29) is 23.8 Å². The number of piperazine rings is 1. The number of benzene rings is 1. The van der Waals surface area contributed by atoms with Crippen LogP contribution in [0.4, 0.5) is 13.2 Å². The van der Waals surface area contributed by atoms with Crippen molar-refractivity contribution in [1.29, 1.82) is 0 Å². The normalized spacial score (nSPS) is 15.0. The molecular formula is C20H23F3N4O2. The first-order valence-corrected chi connectivity index (χ1v) is 9.31. The van der Waals surface area contributed by atoms with Crippen molar-refractivity contribution in [1.82, 2.24) is 19.6 Å². The Hall–Kier alpha value is -2.84. The maximum Gasteiger partial charge on any atom is 0.416 e. The first kappa shape index (κ1) is 20.9. The predicted octanol–water partition coefficient (Wildman–Crippen LogP) is 2.58. The van der Waals surface area contributed by atoms with Crippen LogP contribution in [0.1, 0.15) is 32.9 Å². The Morgan fingerprint density at radius 2 is 1.55 bits per heavy atom. The molecule has 0 bridgehead atoms. The van der Waals surface area contributed by atoms with Crippen LogP contribution >= 0.6 is 0 Å². The van der Waals surface area contributed by atoms with Crippen molar-refractivity contribution in [3.63, 3.8) is 0 Å². The molecule has 0 saturated carbocycles. The maximum absolute atomic E-state index is 12.7. The molecule has 1 aliphatic heterocycles. The van der Waals surface area contributed by atoms with Gasteiger partial charge in [0.25, 0.3) is 5.91 Å². The molecular weight excluding hydrogens is 385 g/mol. The Bertz CT molecular complexity index is 911. The van der Waals surface area contributed by atoms with Crippen molar-refractivity contribution in [2.24, 2.45) is 7.05 Å². The summed E-state index contributed by atoms with van der Waals surface area (Å²) < 4.78 is 39.7. The second kappa shape index (κ2) is 7.88. The third-order valence-electron chi connectivity index (χ3n) is 5.37. The van der Waals surface area contributed by atoms with E-state index in [0.717, 1.165) is 29.1 Å². The molecule has 1 aliphatic rings. The molecule has 9 heteroatoms. The van der Waals surface area contributed by atoms with Gasteiger partial charge >= 0.3 is 6.18 Å². The molecule has 1 saturated heterocycles. The molecule has 3 rings (SSSR count). The van der Waals surface area contributed by atoms with Crippen LogP contribution in [0.3, 0.4) is 0 Å². The number of amides is 2. The standard InChI is InChI=1S/C20H23F3N4O2/c1-13-17(14(2)25(3)24-13)12-18(28)26-8-10-27(11-9-26)19(29)15-4-6-16(7-5-15)20(21,22)23/h4-7H,8-12H2,1-3H3. The smallest absolute Gasteiger partial charge is 0.339 e. The highest BCUT2D eigenvalue weighted by molar-refractivity contribution is 5.94. The molecule has 0 atom stereocenters. The van der Waals surface area contributed by atoms with Crippen molar-refractivity contribution >= 4 is 11.8 Å². The van der Waals surface area contributed by atoms with Crippen LogP contribution in [0.25, 0.3) is 0 Å². The van der Waals surface area contributed by atoms with E-state index < -0.39 is 11.7 Å². The zero-order valence-corrected chi connectivity index (χ0v) is 16.6. The fourth-order valence-electron chi connectivity index (χ4n) is 3.48. The van der Waals surface area contributed by atoms with Gasteiger partial charge in [-0.25, -0.2) is 0 Å². The molecule has 1 aromatic carbocycles. The van der Waals surface area contributed by atoms with E-state index in [2.05, 4.69) is 5.10 Å². The van der Waals surface area contributed by atoms with Gasteiger partial charge in [-0.3, -0.25) is 14.3 Å². The molecule has 2 amide bonds. The fraction of sp³-hybridized carbons (Fsp3) is 0.450. The molecule has 0 unspecified atom stereocenters. The molecule has 0 aliphatic carbocycles. The number of carbonyl (C=O) groups is 2. The average molecular weight is 408 g/mol. The summed E-state index contributed by atoms with van der Waals surface area (Å²) in [7, 11) is 1.84. The van der Waals surface area contributed by atoms with Gasteiger partial charge in [0.05, 0.1) is 17.7 Å². The van der Waals surface area contributed by atoms with Gasteiger partial charge in [-0.05, 0) is 38.1 Å². The van der Waals surface area contributed by atoms with Gasteiger partial charge in [0, 0.05) is 50.0 Å². The molecule has 0 spiro atoms. The van der Waals surface area contributed by atoms with Crippen molar-refractivity contribution in [3.05, 3.63) is 52.3 Å². The third kappa shape index (κ3) is 4.44. The Labute approximate surface area is 166 Å². The van der Waals surface area contributed by atoms with E-state index in [1.54, 1.807) is 14.5 Å². The van der Waals surface area contributed by atoms with Crippen LogP contribution in [0.5, 0.6) is 0 Å². The van der Waals surface area contributed by atoms with E-state index in [1.165, 1.54) is 12.1 Å². The summed E-state index contributed by atoms with van der Waals surface area (Å²) in [5, 5.41) is 4.32. The second-order valence-corrected chi connectivity index (χ2v) is 7.20. The minimum absolute atomic E-state index is 0.0224. The van der Waals surface area contributed by atoms with Gasteiger partial charge in [-0.2, -0.15) is 18.3 Å². The van der Waals surface area contributed by atoms with E-state index in [4.69, 9.17) is 0 Å². The first-order valence-electron chi connectivity index (χ1n) is 9.31. The summed E-state index contributed by atoms with van der Waals surface area (Å²) in [5.74, 6) is -0.351. The lowest BCUT2D eigenvalue weighted by Crippen LogP contribution is -2.51. The van der Waals surface area contributed by atoms with E-state index in [9.17, 15) is 22.8 Å². The minimum atomic E-state index is -4.43. The summed E-state index contributed by atoms with van der Waals surface area (Å²) in [6.07, 6.45) is -4.17. The fourth-order valence-corrected chi connectivity index (χ4v) is 3.48. The lowest BCUT2D eigenvalue weighted by Gasteiger charge is -2.35. The quantitative estimate of drug-likeness (QED) is 0.785. The molecule has 2 aromatic rings. The minimum Gasteiger partial charge on any atom is -0.339 e. The number of aromatic nitrogens is 2. The van der Waals surface area contributed by atoms with Gasteiger partial charge in [0.2, 0.25) is 5.91 Å². The molecule has 0 radical (unpaired) electrons. The molecule has 2 heterocycles. The van der Waals surface area contributed by atoms with Crippen LogP contribution < -0.4 is 0 Å². The summed E-state index contributed by atoms with van der Waals surface area (Å²) in [5.41, 5.74) is 2.12. The Morgan fingerprint density at radius 1 is 1.00 bits per heavy atom. The number of hydrogen-bond donors (Lipinski definition) is 0. The molecule has 0 N–H and O–H groups in total. The van der Waals surface area contributed by atoms with Gasteiger partial charge in [-0.1, -0.05) is 0 Å². The van der Waals surface area contributed by atoms with Gasteiger partial charge in [0.15, 0.2) is 0 Å². The lowest BCUT2D eigenvalue weighted by molar-refractivity contribution is -0.137. The molecule has 1 fully saturated rings. The topological polar surface area (TPSA) is 58.4 Å². The number of carbonyl (C=O) groups excluding carboxylic acids is 2. The van der Waals surface area contributed by atoms with Crippen molar-refractivity contribution in [3.8, 4) is 0 Å². The van der Waals surface area contributed by atoms with Gasteiger partial charge in [-0.15, -0.1) is 0 Å². The number of alkyl halides is 3. The number of rotatable bonds is 3. The highest BCUT2D eigenvalue weighted by Gasteiger charge is 2.31. The summed E-state index contributed by atoms with van der Waals surface area (Å²) in [6, 6.07) is 4.20. The van der Waals surface area contributed by atoms with E-state index in [0.29, 0.717) is 26.2 Å². The SMILES string of the molecule is Cc1nn(C)c(C)c1CC(=O)N1CCN(C(=O)c2ccc(C(F)(F)F)cc2)CC1. The summed E-state index contributed by atoms with van der Waals surface area (Å²) in [6.45, 7) is 5.26. The Balaban J connectivity index is 1.58. The van der Waals surface area contributed by atoms with Crippen molar-refractivity contribution in [2.45, 2.75) is 26.4 Å². The van der Waals surface area contributed by atoms with Crippen molar-refractivity contribution < 1.29 is 22.8 Å². The van der Waals surface area contributed by atoms with Gasteiger partial charge < -0.3 is 9.80 Å². The Morgan fingerprint density at radius 3 is 2.03 bits per heavy atom. The van der Waals surface area contributed by atoms with Crippen LogP contribution in [0.15, 0.2) is 24.3 Å². The number of aryl methyl sites for hydroxylation is 2. The van der Waals surface area contributed by atoms with Crippen LogP contribution in [0.2, 0.25) is 0 Å². The largest absolute Gasteiger partial charge is 0.416 e. The highest BCUT2D eigenvalue weighted by Crippen LogP contribution is 2.29. The zero-order valence-electron chi connectivity index (χ0n) is 16.6. The van der Waals surface area contributed by atoms with Crippen LogP contribution in [0, 0.1) is 13.8 Å². The maximum atomic E-state index is 12.7. The Kier molecular flexibility index (Phi) is 5.68. The molecule has 6 nitrogen and oxygen atoms in total. The van der Waals surface area contributed by atoms with Crippen LogP contribution in [-0.2, 0) is 24.4 Å². The molecule has 156 valence electrons. The lowest BCUT2D eigenvalue weighted by atomic mass is 10.1. The summed E-state index contributed by atoms with van der Waals surface area (Å²) in [4.78, 5) is 28.5. The molecule has 1 aromatic heterocycles.